The van der Waals surface area contributed by atoms with E-state index in [1.165, 1.54) is 0 Å². The highest BCUT2D eigenvalue weighted by molar-refractivity contribution is 7.99. The largest absolute Gasteiger partial charge is 0.381 e. The van der Waals surface area contributed by atoms with Gasteiger partial charge in [0.2, 0.25) is 5.91 Å². The molecule has 0 aromatic carbocycles. The molecular formula is C15H25N5O2S. The van der Waals surface area contributed by atoms with Gasteiger partial charge in [0.15, 0.2) is 0 Å². The molecule has 128 valence electrons. The third-order valence-electron chi connectivity index (χ3n) is 4.57. The number of carbonyl (C=O) groups excluding carboxylic acids is 1. The molecule has 3 heterocycles. The number of piperidine rings is 1. The van der Waals surface area contributed by atoms with E-state index in [1.54, 1.807) is 18.0 Å². The summed E-state index contributed by atoms with van der Waals surface area (Å²) in [7, 11) is 0. The standard InChI is InChI=1S/C15H25N5O2S/c21-15(16-5-9-23-14-10-17-19-18-14)12-2-1-6-20(11-12)13-3-7-22-8-4-13/h10,12-13H,1-9,11H2,(H,16,21)(H,17,18,19)/t12-/m0/s1. The number of hydrogen-bond acceptors (Lipinski definition) is 6. The summed E-state index contributed by atoms with van der Waals surface area (Å²) >= 11 is 1.60. The number of aromatic amines is 1. The fourth-order valence-electron chi connectivity index (χ4n) is 3.34. The molecule has 2 fully saturated rings. The second-order valence-electron chi connectivity index (χ2n) is 6.13. The highest BCUT2D eigenvalue weighted by Crippen LogP contribution is 2.23. The van der Waals surface area contributed by atoms with Gasteiger partial charge >= 0.3 is 0 Å². The lowest BCUT2D eigenvalue weighted by Gasteiger charge is -2.39. The number of hydrogen-bond donors (Lipinski definition) is 2. The minimum absolute atomic E-state index is 0.128. The predicted molar refractivity (Wildman–Crippen MR) is 88.3 cm³/mol. The van der Waals surface area contributed by atoms with Gasteiger partial charge in [0, 0.05) is 38.1 Å². The Balaban J connectivity index is 1.38. The van der Waals surface area contributed by atoms with E-state index in [0.29, 0.717) is 12.6 Å². The number of nitrogens with zero attached hydrogens (tertiary/aromatic N) is 3. The SMILES string of the molecule is O=C(NCCSc1cn[nH]n1)[C@H]1CCCN(C2CCOCC2)C1. The lowest BCUT2D eigenvalue weighted by atomic mass is 9.94. The molecule has 7 nitrogen and oxygen atoms in total. The Kier molecular flexibility index (Phi) is 6.29. The Morgan fingerprint density at radius 3 is 3.09 bits per heavy atom. The number of ether oxygens (including phenoxy) is 1. The fraction of sp³-hybridized carbons (Fsp3) is 0.800. The summed E-state index contributed by atoms with van der Waals surface area (Å²) in [6, 6.07) is 0.599. The summed E-state index contributed by atoms with van der Waals surface area (Å²) in [6.45, 7) is 4.40. The summed E-state index contributed by atoms with van der Waals surface area (Å²) in [5.74, 6) is 1.14. The Bertz CT molecular complexity index is 478. The molecule has 0 saturated carbocycles. The van der Waals surface area contributed by atoms with Crippen molar-refractivity contribution in [1.82, 2.24) is 25.6 Å². The summed E-state index contributed by atoms with van der Waals surface area (Å²) in [5, 5.41) is 14.3. The maximum atomic E-state index is 12.4. The average molecular weight is 339 g/mol. The molecule has 3 rings (SSSR count). The molecule has 1 aromatic rings. The Morgan fingerprint density at radius 2 is 2.30 bits per heavy atom. The molecule has 8 heteroatoms. The quantitative estimate of drug-likeness (QED) is 0.592. The number of amides is 1. The molecule has 0 bridgehead atoms. The minimum Gasteiger partial charge on any atom is -0.381 e. The predicted octanol–water partition coefficient (Wildman–Crippen LogP) is 0.904. The van der Waals surface area contributed by atoms with Gasteiger partial charge in [0.1, 0.15) is 5.03 Å². The summed E-state index contributed by atoms with van der Waals surface area (Å²) in [6.07, 6.45) is 6.01. The average Bonchev–Trinajstić information content (AvgIpc) is 3.13. The van der Waals surface area contributed by atoms with Crippen LogP contribution in [0.1, 0.15) is 25.7 Å². The molecule has 0 spiro atoms. The lowest BCUT2D eigenvalue weighted by Crippen LogP contribution is -2.48. The highest BCUT2D eigenvalue weighted by atomic mass is 32.2. The second-order valence-corrected chi connectivity index (χ2v) is 7.24. The van der Waals surface area contributed by atoms with Crippen LogP contribution in [0.5, 0.6) is 0 Å². The number of thioether (sulfide) groups is 1. The van der Waals surface area contributed by atoms with Crippen molar-refractivity contribution in [3.63, 3.8) is 0 Å². The number of rotatable bonds is 6. The maximum absolute atomic E-state index is 12.4. The van der Waals surface area contributed by atoms with Crippen molar-refractivity contribution in [2.45, 2.75) is 36.8 Å². The molecule has 1 amide bonds. The molecule has 0 unspecified atom stereocenters. The van der Waals surface area contributed by atoms with Crippen LogP contribution in [0.25, 0.3) is 0 Å². The number of carbonyl (C=O) groups is 1. The van der Waals surface area contributed by atoms with Crippen LogP contribution >= 0.6 is 11.8 Å². The van der Waals surface area contributed by atoms with Gasteiger partial charge in [-0.15, -0.1) is 16.9 Å². The van der Waals surface area contributed by atoms with Crippen LogP contribution in [-0.4, -0.2) is 70.9 Å². The first-order chi connectivity index (χ1) is 11.3. The molecule has 0 radical (unpaired) electrons. The zero-order valence-corrected chi connectivity index (χ0v) is 14.2. The lowest BCUT2D eigenvalue weighted by molar-refractivity contribution is -0.127. The number of likely N-dealkylation sites (tertiary alicyclic amines) is 1. The van der Waals surface area contributed by atoms with Crippen LogP contribution in [0.2, 0.25) is 0 Å². The molecule has 2 aliphatic rings. The molecule has 1 aromatic heterocycles. The van der Waals surface area contributed by atoms with Gasteiger partial charge in [-0.25, -0.2) is 0 Å². The van der Waals surface area contributed by atoms with Gasteiger partial charge in [-0.05, 0) is 32.2 Å². The minimum atomic E-state index is 0.128. The van der Waals surface area contributed by atoms with E-state index in [-0.39, 0.29) is 11.8 Å². The monoisotopic (exact) mass is 339 g/mol. The number of H-pyrrole nitrogens is 1. The molecule has 2 saturated heterocycles. The van der Waals surface area contributed by atoms with Gasteiger partial charge < -0.3 is 10.1 Å². The molecule has 2 N–H and O–H groups in total. The van der Waals surface area contributed by atoms with E-state index in [9.17, 15) is 4.79 Å². The molecule has 23 heavy (non-hydrogen) atoms. The van der Waals surface area contributed by atoms with Crippen molar-refractivity contribution in [2.75, 3.05) is 38.6 Å². The number of nitrogens with one attached hydrogen (secondary N) is 2. The Labute approximate surface area is 140 Å². The van der Waals surface area contributed by atoms with E-state index in [1.807, 2.05) is 0 Å². The zero-order valence-electron chi connectivity index (χ0n) is 13.4. The van der Waals surface area contributed by atoms with Crippen molar-refractivity contribution in [3.8, 4) is 0 Å². The van der Waals surface area contributed by atoms with Crippen molar-refractivity contribution < 1.29 is 9.53 Å². The fourth-order valence-corrected chi connectivity index (χ4v) is 3.98. The van der Waals surface area contributed by atoms with Crippen LogP contribution in [-0.2, 0) is 9.53 Å². The number of aromatic nitrogens is 3. The van der Waals surface area contributed by atoms with E-state index < -0.39 is 0 Å². The maximum Gasteiger partial charge on any atom is 0.224 e. The normalized spacial score (nSPS) is 23.7. The van der Waals surface area contributed by atoms with Crippen LogP contribution < -0.4 is 5.32 Å². The van der Waals surface area contributed by atoms with Crippen LogP contribution in [0.3, 0.4) is 0 Å². The summed E-state index contributed by atoms with van der Waals surface area (Å²) < 4.78 is 5.44. The third-order valence-corrected chi connectivity index (χ3v) is 5.48. The molecule has 0 aliphatic carbocycles. The third kappa shape index (κ3) is 4.92. The molecular weight excluding hydrogens is 314 g/mol. The van der Waals surface area contributed by atoms with Gasteiger partial charge in [-0.1, -0.05) is 0 Å². The Hall–Kier alpha value is -1.12. The van der Waals surface area contributed by atoms with E-state index >= 15 is 0 Å². The topological polar surface area (TPSA) is 83.1 Å². The van der Waals surface area contributed by atoms with Crippen molar-refractivity contribution in [2.24, 2.45) is 5.92 Å². The van der Waals surface area contributed by atoms with E-state index in [4.69, 9.17) is 4.74 Å². The highest BCUT2D eigenvalue weighted by Gasteiger charge is 2.30. The van der Waals surface area contributed by atoms with E-state index in [0.717, 1.165) is 62.8 Å². The van der Waals surface area contributed by atoms with Crippen molar-refractivity contribution in [1.29, 1.82) is 0 Å². The van der Waals surface area contributed by atoms with Crippen LogP contribution in [0.4, 0.5) is 0 Å². The molecule has 1 atom stereocenters. The van der Waals surface area contributed by atoms with Crippen molar-refractivity contribution in [3.05, 3.63) is 6.20 Å². The van der Waals surface area contributed by atoms with Crippen molar-refractivity contribution >= 4 is 17.7 Å². The van der Waals surface area contributed by atoms with Crippen LogP contribution in [0.15, 0.2) is 11.2 Å². The van der Waals surface area contributed by atoms with Gasteiger partial charge in [-0.3, -0.25) is 9.69 Å². The second kappa shape index (κ2) is 8.65. The summed E-state index contributed by atoms with van der Waals surface area (Å²) in [4.78, 5) is 14.9. The van der Waals surface area contributed by atoms with E-state index in [2.05, 4.69) is 25.6 Å². The Morgan fingerprint density at radius 1 is 1.43 bits per heavy atom. The smallest absolute Gasteiger partial charge is 0.224 e. The van der Waals surface area contributed by atoms with Gasteiger partial charge in [0.25, 0.3) is 0 Å². The first-order valence-electron chi connectivity index (χ1n) is 8.41. The zero-order chi connectivity index (χ0) is 15.9. The molecule has 2 aliphatic heterocycles. The van der Waals surface area contributed by atoms with Crippen LogP contribution in [0, 0.1) is 5.92 Å². The first kappa shape index (κ1) is 16.7. The summed E-state index contributed by atoms with van der Waals surface area (Å²) in [5.41, 5.74) is 0. The van der Waals surface area contributed by atoms with Gasteiger partial charge in [0.05, 0.1) is 12.1 Å². The van der Waals surface area contributed by atoms with Gasteiger partial charge in [-0.2, -0.15) is 10.3 Å². The first-order valence-corrected chi connectivity index (χ1v) is 9.39.